The normalized spacial score (nSPS) is 32.7. The lowest BCUT2D eigenvalue weighted by molar-refractivity contribution is -0.277. The molecule has 14 heteroatoms. The number of hydrogen-bond acceptors (Lipinski definition) is 14. The van der Waals surface area contributed by atoms with E-state index in [9.17, 15) is 45.6 Å². The summed E-state index contributed by atoms with van der Waals surface area (Å²) in [6.45, 7) is 2.26. The number of carbonyl (C=O) groups excluding carboxylic acids is 1. The van der Waals surface area contributed by atoms with Crippen molar-refractivity contribution >= 4 is 16.7 Å². The van der Waals surface area contributed by atoms with Gasteiger partial charge >= 0.3 is 5.97 Å². The van der Waals surface area contributed by atoms with E-state index in [0.29, 0.717) is 5.39 Å². The third kappa shape index (κ3) is 6.49. The molecule has 0 radical (unpaired) electrons. The number of aliphatic hydroxyl groups is 8. The molecule has 2 aliphatic heterocycles. The molecule has 2 heterocycles. The van der Waals surface area contributed by atoms with Crippen molar-refractivity contribution in [2.45, 2.75) is 81.7 Å². The summed E-state index contributed by atoms with van der Waals surface area (Å²) in [6, 6.07) is 6.45. The van der Waals surface area contributed by atoms with Crippen LogP contribution in [-0.4, -0.2) is 129 Å². The topological polar surface area (TPSA) is 225 Å². The summed E-state index contributed by atoms with van der Waals surface area (Å²) in [4.78, 5) is 13.4. The van der Waals surface area contributed by atoms with Gasteiger partial charge in [-0.15, -0.1) is 0 Å². The minimum atomic E-state index is -1.78. The zero-order valence-corrected chi connectivity index (χ0v) is 23.8. The number of hydrogen-bond donors (Lipinski definition) is 8. The first-order chi connectivity index (χ1) is 20.4. The Bertz CT molecular complexity index is 1310. The van der Waals surface area contributed by atoms with Crippen molar-refractivity contribution in [2.75, 3.05) is 20.3 Å². The summed E-state index contributed by atoms with van der Waals surface area (Å²) < 4.78 is 28.4. The van der Waals surface area contributed by atoms with Crippen LogP contribution in [0.4, 0.5) is 0 Å². The smallest absolute Gasteiger partial charge is 0.342 e. The molecule has 10 atom stereocenters. The predicted molar refractivity (Wildman–Crippen MR) is 147 cm³/mol. The Hall–Kier alpha value is -2.89. The Morgan fingerprint density at radius 2 is 1.23 bits per heavy atom. The number of benzene rings is 2. The molecule has 238 valence electrons. The first-order valence-electron chi connectivity index (χ1n) is 13.7. The van der Waals surface area contributed by atoms with Crippen molar-refractivity contribution in [1.82, 2.24) is 0 Å². The van der Waals surface area contributed by atoms with Gasteiger partial charge in [0.15, 0.2) is 0 Å². The molecule has 14 nitrogen and oxygen atoms in total. The molecule has 0 aliphatic carbocycles. The Morgan fingerprint density at radius 3 is 1.67 bits per heavy atom. The van der Waals surface area contributed by atoms with Crippen molar-refractivity contribution in [2.24, 2.45) is 0 Å². The van der Waals surface area contributed by atoms with E-state index in [-0.39, 0.29) is 34.4 Å². The average Bonchev–Trinajstić information content (AvgIpc) is 3.00. The second kappa shape index (κ2) is 13.8. The van der Waals surface area contributed by atoms with Crippen LogP contribution in [-0.2, 0) is 20.6 Å². The summed E-state index contributed by atoms with van der Waals surface area (Å²) in [7, 11) is 1.14. The molecule has 43 heavy (non-hydrogen) atoms. The second-order valence-corrected chi connectivity index (χ2v) is 10.7. The van der Waals surface area contributed by atoms with Crippen LogP contribution in [0.15, 0.2) is 35.9 Å². The number of aliphatic hydroxyl groups excluding tert-OH is 8. The molecule has 2 aliphatic rings. The highest BCUT2D eigenvalue weighted by Gasteiger charge is 2.47. The van der Waals surface area contributed by atoms with Crippen molar-refractivity contribution in [3.05, 3.63) is 47.0 Å². The number of methoxy groups -OCH3 is 1. The van der Waals surface area contributed by atoms with E-state index in [0.717, 1.165) is 12.7 Å². The van der Waals surface area contributed by atoms with Gasteiger partial charge in [-0.3, -0.25) is 0 Å². The number of ether oxygens (including phenoxy) is 5. The molecule has 0 amide bonds. The summed E-state index contributed by atoms with van der Waals surface area (Å²) in [5, 5.41) is 82.4. The third-order valence-corrected chi connectivity index (χ3v) is 7.49. The van der Waals surface area contributed by atoms with E-state index in [1.54, 1.807) is 30.3 Å². The van der Waals surface area contributed by atoms with Crippen molar-refractivity contribution in [3.8, 4) is 11.5 Å². The summed E-state index contributed by atoms with van der Waals surface area (Å²) in [5.41, 5.74) is 0.873. The van der Waals surface area contributed by atoms with E-state index in [4.69, 9.17) is 23.7 Å². The van der Waals surface area contributed by atoms with Gasteiger partial charge in [-0.2, -0.15) is 0 Å². The van der Waals surface area contributed by atoms with Gasteiger partial charge in [-0.05, 0) is 20.3 Å². The van der Waals surface area contributed by atoms with Crippen LogP contribution in [0.25, 0.3) is 10.8 Å². The Balaban J connectivity index is 1.93. The van der Waals surface area contributed by atoms with Gasteiger partial charge in [-0.25, -0.2) is 4.79 Å². The largest absolute Gasteiger partial charge is 0.465 e. The number of carbonyl (C=O) groups is 1. The van der Waals surface area contributed by atoms with Gasteiger partial charge < -0.3 is 64.5 Å². The fraction of sp³-hybridized carbons (Fsp3) is 0.552. The zero-order chi connectivity index (χ0) is 31.6. The molecular weight excluding hydrogens is 572 g/mol. The third-order valence-electron chi connectivity index (χ3n) is 7.49. The van der Waals surface area contributed by atoms with Gasteiger partial charge in [0.25, 0.3) is 0 Å². The molecule has 8 N–H and O–H groups in total. The van der Waals surface area contributed by atoms with Crippen LogP contribution in [0, 0.1) is 0 Å². The highest BCUT2D eigenvalue weighted by Crippen LogP contribution is 2.44. The van der Waals surface area contributed by atoms with E-state index in [1.807, 2.05) is 13.8 Å². The Morgan fingerprint density at radius 1 is 0.767 bits per heavy atom. The minimum Gasteiger partial charge on any atom is -0.465 e. The zero-order valence-electron chi connectivity index (χ0n) is 23.8. The lowest BCUT2D eigenvalue weighted by atomic mass is 9.94. The lowest BCUT2D eigenvalue weighted by Crippen LogP contribution is -2.60. The maximum atomic E-state index is 13.4. The molecule has 0 aromatic heterocycles. The number of allylic oxidation sites excluding steroid dienone is 2. The molecule has 0 unspecified atom stereocenters. The van der Waals surface area contributed by atoms with Gasteiger partial charge in [0, 0.05) is 16.3 Å². The molecule has 2 aromatic rings. The van der Waals surface area contributed by atoms with Gasteiger partial charge in [0.2, 0.25) is 12.6 Å². The monoisotopic (exact) mass is 610 g/mol. The maximum absolute atomic E-state index is 13.4. The first-order valence-corrected chi connectivity index (χ1v) is 13.7. The van der Waals surface area contributed by atoms with Crippen molar-refractivity contribution in [1.29, 1.82) is 0 Å². The van der Waals surface area contributed by atoms with Crippen LogP contribution < -0.4 is 9.47 Å². The molecule has 2 fully saturated rings. The summed E-state index contributed by atoms with van der Waals surface area (Å²) >= 11 is 0. The first kappa shape index (κ1) is 33.0. The van der Waals surface area contributed by atoms with Gasteiger partial charge in [0.1, 0.15) is 65.9 Å². The molecule has 0 spiro atoms. The highest BCUT2D eigenvalue weighted by atomic mass is 16.7. The summed E-state index contributed by atoms with van der Waals surface area (Å²) in [6.07, 6.45) is -14.2. The number of fused-ring (bicyclic) bond motifs is 1. The molecule has 4 rings (SSSR count). The van der Waals surface area contributed by atoms with Crippen molar-refractivity contribution < 1.29 is 69.3 Å². The van der Waals surface area contributed by atoms with Gasteiger partial charge in [-0.1, -0.05) is 35.9 Å². The second-order valence-electron chi connectivity index (χ2n) is 10.7. The van der Waals surface area contributed by atoms with Crippen LogP contribution in [0.2, 0.25) is 0 Å². The van der Waals surface area contributed by atoms with Crippen LogP contribution in [0.1, 0.15) is 29.8 Å². The fourth-order valence-electron chi connectivity index (χ4n) is 5.06. The summed E-state index contributed by atoms with van der Waals surface area (Å²) in [5.74, 6) is -0.995. The molecule has 2 saturated heterocycles. The molecule has 0 saturated carbocycles. The minimum absolute atomic E-state index is 0.0268. The van der Waals surface area contributed by atoms with Crippen molar-refractivity contribution in [3.63, 3.8) is 0 Å². The molecule has 0 bridgehead atoms. The molecular formula is C29H38O14. The van der Waals surface area contributed by atoms with Gasteiger partial charge in [0.05, 0.1) is 20.3 Å². The van der Waals surface area contributed by atoms with E-state index >= 15 is 0 Å². The van der Waals surface area contributed by atoms with Crippen LogP contribution in [0.5, 0.6) is 11.5 Å². The molecule has 2 aromatic carbocycles. The van der Waals surface area contributed by atoms with E-state index in [2.05, 4.69) is 0 Å². The quantitative estimate of drug-likeness (QED) is 0.119. The number of rotatable bonds is 9. The fourth-order valence-corrected chi connectivity index (χ4v) is 5.06. The van der Waals surface area contributed by atoms with Crippen LogP contribution in [0.3, 0.4) is 0 Å². The Labute approximate surface area is 246 Å². The SMILES string of the molecule is COC(=O)c1c(CC=C(C)C)c(O[C@H]2O[C@@H](CO)[C@@H](O)[C@@H](O)[C@H]2O)c2ccccc2c1O[C@@H]1O[C@@H](CO)[C@@H](O)[C@@H](O)[C@H]1O. The van der Waals surface area contributed by atoms with E-state index < -0.39 is 80.6 Å². The number of esters is 1. The van der Waals surface area contributed by atoms with Crippen LogP contribution >= 0.6 is 0 Å². The predicted octanol–water partition coefficient (Wildman–Crippen LogP) is -1.51. The maximum Gasteiger partial charge on any atom is 0.342 e. The lowest BCUT2D eigenvalue weighted by Gasteiger charge is -2.40. The highest BCUT2D eigenvalue weighted by molar-refractivity contribution is 6.06. The standard InChI is InChI=1S/C29H38O14/c1-12(2)8-9-15-18(27(38)39-3)26(43-29-24(37)22(35)20(33)17(11-31)41-29)14-7-5-4-6-13(14)25(15)42-28-23(36)21(34)19(32)16(10-30)40-28/h4-8,16-17,19-24,28-37H,9-11H2,1-3H3/t16-,17-,19+,20+,21+,22+,23+,24+,28+,29-/m0/s1. The van der Waals surface area contributed by atoms with E-state index in [1.165, 1.54) is 0 Å². The Kier molecular flexibility index (Phi) is 10.6. The average molecular weight is 611 g/mol.